The van der Waals surface area contributed by atoms with Crippen LogP contribution in [0.2, 0.25) is 0 Å². The Morgan fingerprint density at radius 3 is 1.40 bits per heavy atom. The number of unbranched alkanes of at least 4 members (excludes halogenated alkanes) is 23. The first kappa shape index (κ1) is 46.0. The first-order chi connectivity index (χ1) is 22.7. The smallest absolute Gasteiger partial charge is 0.472 e. The number of esters is 1. The van der Waals surface area contributed by atoms with Crippen LogP contribution >= 0.6 is 7.82 Å². The summed E-state index contributed by atoms with van der Waals surface area (Å²) in [6.45, 7) is 3.87. The van der Waals surface area contributed by atoms with Crippen molar-refractivity contribution in [1.82, 2.24) is 0 Å². The molecule has 47 heavy (non-hydrogen) atoms. The standard InChI is InChI=1S/C36H72NO9P/c1-3-5-7-9-11-13-14-15-16-17-18-19-21-23-25-27-29-43-30-33(31-44-47(41,42)45-32-34(37)36(39)40)46-35(38)28-26-24-22-20-12-10-8-6-4-2/h33-34H,3-32,37H2,1-2H3,(H,39,40)(H,41,42). The van der Waals surface area contributed by atoms with Crippen molar-refractivity contribution in [1.29, 1.82) is 0 Å². The lowest BCUT2D eigenvalue weighted by atomic mass is 10.0. The normalized spacial score (nSPS) is 14.1. The van der Waals surface area contributed by atoms with E-state index < -0.39 is 45.1 Å². The number of carboxylic acid groups (broad SMARTS) is 1. The molecule has 0 aliphatic rings. The van der Waals surface area contributed by atoms with Gasteiger partial charge in [0, 0.05) is 13.0 Å². The number of hydrogen-bond donors (Lipinski definition) is 3. The van der Waals surface area contributed by atoms with E-state index in [1.807, 2.05) is 0 Å². The lowest BCUT2D eigenvalue weighted by Crippen LogP contribution is -2.34. The average molecular weight is 694 g/mol. The van der Waals surface area contributed by atoms with Gasteiger partial charge in [0.2, 0.25) is 0 Å². The summed E-state index contributed by atoms with van der Waals surface area (Å²) in [4.78, 5) is 33.3. The Hall–Kier alpha value is -1.03. The number of hydrogen-bond acceptors (Lipinski definition) is 8. The second-order valence-electron chi connectivity index (χ2n) is 13.1. The third-order valence-corrected chi connectivity index (χ3v) is 9.34. The molecule has 10 nitrogen and oxygen atoms in total. The van der Waals surface area contributed by atoms with Crippen molar-refractivity contribution in [3.63, 3.8) is 0 Å². The Kier molecular flexibility index (Phi) is 32.7. The summed E-state index contributed by atoms with van der Waals surface area (Å²) in [5, 5.41) is 8.85. The molecule has 3 unspecified atom stereocenters. The fraction of sp³-hybridized carbons (Fsp3) is 0.944. The Labute approximate surface area is 287 Å². The van der Waals surface area contributed by atoms with Crippen molar-refractivity contribution >= 4 is 19.8 Å². The molecule has 4 N–H and O–H groups in total. The summed E-state index contributed by atoms with van der Waals surface area (Å²) < 4.78 is 33.1. The van der Waals surface area contributed by atoms with Gasteiger partial charge in [-0.1, -0.05) is 162 Å². The molecule has 3 atom stereocenters. The Bertz CT molecular complexity index is 771. The number of rotatable bonds is 37. The Balaban J connectivity index is 4.20. The molecule has 0 fully saturated rings. The van der Waals surface area contributed by atoms with Gasteiger partial charge in [-0.3, -0.25) is 18.6 Å². The number of aliphatic carboxylic acids is 1. The predicted octanol–water partition coefficient (Wildman–Crippen LogP) is 9.64. The number of carboxylic acids is 1. The molecule has 0 bridgehead atoms. The molecule has 0 aromatic rings. The van der Waals surface area contributed by atoms with Crippen LogP contribution in [0, 0.1) is 0 Å². The molecule has 0 spiro atoms. The summed E-state index contributed by atoms with van der Waals surface area (Å²) >= 11 is 0. The Morgan fingerprint density at radius 1 is 0.596 bits per heavy atom. The number of carbonyl (C=O) groups is 2. The van der Waals surface area contributed by atoms with Crippen molar-refractivity contribution in [3.8, 4) is 0 Å². The van der Waals surface area contributed by atoms with E-state index in [1.165, 1.54) is 122 Å². The van der Waals surface area contributed by atoms with Crippen LogP contribution < -0.4 is 5.73 Å². The molecule has 0 saturated carbocycles. The van der Waals surface area contributed by atoms with Crippen LogP contribution in [0.15, 0.2) is 0 Å². The molecule has 0 aliphatic heterocycles. The molecule has 280 valence electrons. The molecule has 11 heteroatoms. The van der Waals surface area contributed by atoms with Crippen LogP contribution in [0.4, 0.5) is 0 Å². The largest absolute Gasteiger partial charge is 0.480 e. The maximum atomic E-state index is 12.5. The number of phosphoric ester groups is 1. The number of carbonyl (C=O) groups excluding carboxylic acids is 1. The van der Waals surface area contributed by atoms with Crippen molar-refractivity contribution in [2.24, 2.45) is 5.73 Å². The molecule has 0 aromatic heterocycles. The zero-order chi connectivity index (χ0) is 34.9. The summed E-state index contributed by atoms with van der Waals surface area (Å²) in [5.41, 5.74) is 5.33. The number of ether oxygens (including phenoxy) is 2. The highest BCUT2D eigenvalue weighted by atomic mass is 31.2. The molecule has 0 saturated heterocycles. The van der Waals surface area contributed by atoms with E-state index in [1.54, 1.807) is 0 Å². The molecule has 0 amide bonds. The highest BCUT2D eigenvalue weighted by molar-refractivity contribution is 7.47. The van der Waals surface area contributed by atoms with Gasteiger partial charge in [-0.05, 0) is 12.8 Å². The number of nitrogens with two attached hydrogens (primary N) is 1. The molecule has 0 radical (unpaired) electrons. The number of phosphoric acid groups is 1. The van der Waals surface area contributed by atoms with E-state index >= 15 is 0 Å². The van der Waals surface area contributed by atoms with Gasteiger partial charge in [-0.25, -0.2) is 4.57 Å². The Morgan fingerprint density at radius 2 is 0.979 bits per heavy atom. The minimum Gasteiger partial charge on any atom is -0.480 e. The molecule has 0 aliphatic carbocycles. The van der Waals surface area contributed by atoms with Gasteiger partial charge in [0.25, 0.3) is 0 Å². The van der Waals surface area contributed by atoms with E-state index in [0.717, 1.165) is 38.5 Å². The van der Waals surface area contributed by atoms with Gasteiger partial charge >= 0.3 is 19.8 Å². The van der Waals surface area contributed by atoms with E-state index in [9.17, 15) is 19.0 Å². The van der Waals surface area contributed by atoms with Gasteiger partial charge in [-0.2, -0.15) is 0 Å². The molecular formula is C36H72NO9P. The first-order valence-corrected chi connectivity index (χ1v) is 20.6. The summed E-state index contributed by atoms with van der Waals surface area (Å²) in [7, 11) is -4.60. The van der Waals surface area contributed by atoms with Crippen LogP contribution in [0.1, 0.15) is 181 Å². The average Bonchev–Trinajstić information content (AvgIpc) is 3.04. The fourth-order valence-corrected chi connectivity index (χ4v) is 6.15. The topological polar surface area (TPSA) is 155 Å². The van der Waals surface area contributed by atoms with Crippen LogP contribution in [0.25, 0.3) is 0 Å². The minimum atomic E-state index is -4.60. The van der Waals surface area contributed by atoms with Crippen LogP contribution in [0.3, 0.4) is 0 Å². The van der Waals surface area contributed by atoms with Gasteiger partial charge in [-0.15, -0.1) is 0 Å². The summed E-state index contributed by atoms with van der Waals surface area (Å²) in [6.07, 6.45) is 30.2. The van der Waals surface area contributed by atoms with E-state index in [4.69, 9.17) is 24.8 Å². The zero-order valence-electron chi connectivity index (χ0n) is 30.1. The second kappa shape index (κ2) is 33.5. The van der Waals surface area contributed by atoms with Crippen molar-refractivity contribution < 1.29 is 42.7 Å². The van der Waals surface area contributed by atoms with Crippen LogP contribution in [-0.2, 0) is 32.7 Å². The zero-order valence-corrected chi connectivity index (χ0v) is 31.0. The molecule has 0 aromatic carbocycles. The first-order valence-electron chi connectivity index (χ1n) is 19.1. The minimum absolute atomic E-state index is 0.0247. The van der Waals surface area contributed by atoms with Gasteiger partial charge < -0.3 is 25.2 Å². The maximum absolute atomic E-state index is 12.5. The maximum Gasteiger partial charge on any atom is 0.472 e. The summed E-state index contributed by atoms with van der Waals surface area (Å²) in [6, 6.07) is -1.47. The van der Waals surface area contributed by atoms with Crippen molar-refractivity contribution in [2.75, 3.05) is 26.4 Å². The molecule has 0 heterocycles. The summed E-state index contributed by atoms with van der Waals surface area (Å²) in [5.74, 6) is -1.77. The van der Waals surface area contributed by atoms with Crippen molar-refractivity contribution in [2.45, 2.75) is 193 Å². The van der Waals surface area contributed by atoms with E-state index in [-0.39, 0.29) is 13.0 Å². The predicted molar refractivity (Wildman–Crippen MR) is 189 cm³/mol. The lowest BCUT2D eigenvalue weighted by molar-refractivity contribution is -0.154. The van der Waals surface area contributed by atoms with Crippen molar-refractivity contribution in [3.05, 3.63) is 0 Å². The van der Waals surface area contributed by atoms with Gasteiger partial charge in [0.1, 0.15) is 12.1 Å². The third kappa shape index (κ3) is 33.3. The monoisotopic (exact) mass is 693 g/mol. The van der Waals surface area contributed by atoms with Crippen LogP contribution in [0.5, 0.6) is 0 Å². The van der Waals surface area contributed by atoms with Gasteiger partial charge in [0.15, 0.2) is 0 Å². The molecule has 0 rings (SSSR count). The second-order valence-corrected chi connectivity index (χ2v) is 14.5. The lowest BCUT2D eigenvalue weighted by Gasteiger charge is -2.20. The SMILES string of the molecule is CCCCCCCCCCCCCCCCCCOCC(COP(=O)(O)OCC(N)C(=O)O)OC(=O)CCCCCCCCCCC. The molecular weight excluding hydrogens is 621 g/mol. The van der Waals surface area contributed by atoms with Crippen LogP contribution in [-0.4, -0.2) is 60.5 Å². The fourth-order valence-electron chi connectivity index (χ4n) is 5.37. The van der Waals surface area contributed by atoms with E-state index in [2.05, 4.69) is 18.4 Å². The highest BCUT2D eigenvalue weighted by Crippen LogP contribution is 2.43. The van der Waals surface area contributed by atoms with E-state index in [0.29, 0.717) is 6.61 Å². The third-order valence-electron chi connectivity index (χ3n) is 8.39. The quantitative estimate of drug-likeness (QED) is 0.0325. The van der Waals surface area contributed by atoms with Gasteiger partial charge in [0.05, 0.1) is 19.8 Å². The highest BCUT2D eigenvalue weighted by Gasteiger charge is 2.27.